The van der Waals surface area contributed by atoms with E-state index < -0.39 is 11.5 Å². The zero-order valence-electron chi connectivity index (χ0n) is 14.4. The molecule has 0 atom stereocenters. The Labute approximate surface area is 149 Å². The maximum absolute atomic E-state index is 12.4. The third-order valence-corrected chi connectivity index (χ3v) is 4.52. The van der Waals surface area contributed by atoms with Gasteiger partial charge in [-0.25, -0.2) is 9.78 Å². The molecule has 3 aromatic rings. The molecule has 4 rings (SSSR count). The van der Waals surface area contributed by atoms with Crippen molar-refractivity contribution in [3.05, 3.63) is 58.5 Å². The minimum absolute atomic E-state index is 0.0150. The van der Waals surface area contributed by atoms with E-state index in [0.717, 1.165) is 5.82 Å². The summed E-state index contributed by atoms with van der Waals surface area (Å²) in [6, 6.07) is 6.78. The average molecular weight is 353 g/mol. The van der Waals surface area contributed by atoms with E-state index >= 15 is 0 Å². The molecule has 0 bridgehead atoms. The minimum Gasteiger partial charge on any atom is -0.493 e. The number of methoxy groups -OCH3 is 1. The standard InChI is InChI=1S/C19H19N3O4/c1-25-15-4-2-3-13-11-14(19(24)26-16(13)15)18(23)21-8-10-22-9-7-20-17(22)12-5-6-12/h2-4,7,9,11-12H,5-6,8,10H2,1H3,(H,21,23). The van der Waals surface area contributed by atoms with Crippen molar-refractivity contribution in [1.29, 1.82) is 0 Å². The molecule has 0 aliphatic heterocycles. The van der Waals surface area contributed by atoms with E-state index in [2.05, 4.69) is 10.3 Å². The third-order valence-electron chi connectivity index (χ3n) is 4.52. The molecule has 26 heavy (non-hydrogen) atoms. The van der Waals surface area contributed by atoms with Crippen LogP contribution in [0.1, 0.15) is 34.9 Å². The van der Waals surface area contributed by atoms with E-state index in [1.807, 2.05) is 10.8 Å². The fraction of sp³-hybridized carbons (Fsp3) is 0.316. The molecule has 2 aromatic heterocycles. The summed E-state index contributed by atoms with van der Waals surface area (Å²) in [5, 5.41) is 3.42. The van der Waals surface area contributed by atoms with Crippen LogP contribution >= 0.6 is 0 Å². The molecular formula is C19H19N3O4. The molecule has 7 nitrogen and oxygen atoms in total. The van der Waals surface area contributed by atoms with Crippen LogP contribution in [-0.2, 0) is 6.54 Å². The summed E-state index contributed by atoms with van der Waals surface area (Å²) in [7, 11) is 1.50. The van der Waals surface area contributed by atoms with Crippen LogP contribution in [0.2, 0.25) is 0 Å². The number of hydrogen-bond donors (Lipinski definition) is 1. The van der Waals surface area contributed by atoms with E-state index in [1.54, 1.807) is 24.4 Å². The van der Waals surface area contributed by atoms with Gasteiger partial charge in [0.15, 0.2) is 11.3 Å². The van der Waals surface area contributed by atoms with Gasteiger partial charge in [-0.15, -0.1) is 0 Å². The average Bonchev–Trinajstić information content (AvgIpc) is 3.39. The number of carbonyl (C=O) groups excluding carboxylic acids is 1. The highest BCUT2D eigenvalue weighted by molar-refractivity contribution is 5.97. The number of benzene rings is 1. The van der Waals surface area contributed by atoms with Gasteiger partial charge in [0.25, 0.3) is 5.91 Å². The van der Waals surface area contributed by atoms with E-state index in [9.17, 15) is 9.59 Å². The van der Waals surface area contributed by atoms with Crippen molar-refractivity contribution in [3.63, 3.8) is 0 Å². The number of imidazole rings is 1. The zero-order chi connectivity index (χ0) is 18.1. The van der Waals surface area contributed by atoms with Crippen molar-refractivity contribution in [2.45, 2.75) is 25.3 Å². The van der Waals surface area contributed by atoms with Crippen molar-refractivity contribution in [2.24, 2.45) is 0 Å². The fourth-order valence-electron chi connectivity index (χ4n) is 3.03. The van der Waals surface area contributed by atoms with E-state index in [0.29, 0.717) is 35.7 Å². The Morgan fingerprint density at radius 1 is 1.42 bits per heavy atom. The highest BCUT2D eigenvalue weighted by Gasteiger charge is 2.27. The number of aromatic nitrogens is 2. The lowest BCUT2D eigenvalue weighted by molar-refractivity contribution is 0.0948. The van der Waals surface area contributed by atoms with Crippen molar-refractivity contribution in [2.75, 3.05) is 13.7 Å². The summed E-state index contributed by atoms with van der Waals surface area (Å²) in [5.74, 6) is 1.62. The molecule has 1 fully saturated rings. The predicted octanol–water partition coefficient (Wildman–Crippen LogP) is 2.31. The van der Waals surface area contributed by atoms with Crippen molar-refractivity contribution in [3.8, 4) is 5.75 Å². The van der Waals surface area contributed by atoms with Gasteiger partial charge in [-0.1, -0.05) is 12.1 Å². The quantitative estimate of drug-likeness (QED) is 0.687. The van der Waals surface area contributed by atoms with Crippen LogP contribution in [0.4, 0.5) is 0 Å². The largest absolute Gasteiger partial charge is 0.493 e. The van der Waals surface area contributed by atoms with Gasteiger partial charge in [0.2, 0.25) is 0 Å². The molecular weight excluding hydrogens is 334 g/mol. The Balaban J connectivity index is 1.48. The number of nitrogens with zero attached hydrogens (tertiary/aromatic N) is 2. The van der Waals surface area contributed by atoms with Gasteiger partial charge >= 0.3 is 5.63 Å². The third kappa shape index (κ3) is 3.08. The lowest BCUT2D eigenvalue weighted by Crippen LogP contribution is -2.31. The van der Waals surface area contributed by atoms with Gasteiger partial charge in [-0.05, 0) is 25.0 Å². The number of rotatable bonds is 6. The number of hydrogen-bond acceptors (Lipinski definition) is 5. The Kier molecular flexibility index (Phi) is 4.20. The SMILES string of the molecule is COc1cccc2cc(C(=O)NCCn3ccnc3C3CC3)c(=O)oc12. The van der Waals surface area contributed by atoms with Crippen LogP contribution in [0.25, 0.3) is 11.0 Å². The summed E-state index contributed by atoms with van der Waals surface area (Å²) in [4.78, 5) is 29.0. The number of amides is 1. The predicted molar refractivity (Wildman–Crippen MR) is 95.6 cm³/mol. The van der Waals surface area contributed by atoms with Gasteiger partial charge in [0.1, 0.15) is 11.4 Å². The van der Waals surface area contributed by atoms with Crippen LogP contribution in [0.3, 0.4) is 0 Å². The number of ether oxygens (including phenoxy) is 1. The van der Waals surface area contributed by atoms with Gasteiger partial charge in [-0.2, -0.15) is 0 Å². The van der Waals surface area contributed by atoms with Crippen molar-refractivity contribution >= 4 is 16.9 Å². The van der Waals surface area contributed by atoms with Gasteiger partial charge < -0.3 is 19.0 Å². The van der Waals surface area contributed by atoms with E-state index in [1.165, 1.54) is 26.0 Å². The molecule has 1 N–H and O–H groups in total. The molecule has 1 amide bonds. The summed E-state index contributed by atoms with van der Waals surface area (Å²) in [5.41, 5.74) is -0.358. The first-order valence-corrected chi connectivity index (χ1v) is 8.57. The first kappa shape index (κ1) is 16.4. The van der Waals surface area contributed by atoms with Gasteiger partial charge in [-0.3, -0.25) is 4.79 Å². The first-order valence-electron chi connectivity index (χ1n) is 8.57. The highest BCUT2D eigenvalue weighted by Crippen LogP contribution is 2.38. The molecule has 0 radical (unpaired) electrons. The lowest BCUT2D eigenvalue weighted by atomic mass is 10.1. The maximum atomic E-state index is 12.4. The second-order valence-electron chi connectivity index (χ2n) is 6.34. The molecule has 1 aromatic carbocycles. The molecule has 1 aliphatic rings. The van der Waals surface area contributed by atoms with E-state index in [-0.39, 0.29) is 5.56 Å². The molecule has 1 saturated carbocycles. The Bertz CT molecular complexity index is 1020. The molecule has 7 heteroatoms. The van der Waals surface area contributed by atoms with Gasteiger partial charge in [0.05, 0.1) is 7.11 Å². The Morgan fingerprint density at radius 2 is 2.27 bits per heavy atom. The van der Waals surface area contributed by atoms with E-state index in [4.69, 9.17) is 9.15 Å². The summed E-state index contributed by atoms with van der Waals surface area (Å²) in [6.45, 7) is 1.02. The molecule has 134 valence electrons. The molecule has 2 heterocycles. The fourth-order valence-corrected chi connectivity index (χ4v) is 3.03. The van der Waals surface area contributed by atoms with Crippen LogP contribution in [0, 0.1) is 0 Å². The second kappa shape index (κ2) is 6.67. The van der Waals surface area contributed by atoms with Crippen LogP contribution in [0.15, 0.2) is 45.9 Å². The number of fused-ring (bicyclic) bond motifs is 1. The molecule has 0 unspecified atom stereocenters. The topological polar surface area (TPSA) is 86.4 Å². The number of carbonyl (C=O) groups is 1. The first-order chi connectivity index (χ1) is 12.7. The van der Waals surface area contributed by atoms with Crippen LogP contribution < -0.4 is 15.7 Å². The van der Waals surface area contributed by atoms with Crippen LogP contribution in [0.5, 0.6) is 5.75 Å². The highest BCUT2D eigenvalue weighted by atomic mass is 16.5. The summed E-state index contributed by atoms with van der Waals surface area (Å²) in [6.07, 6.45) is 6.03. The Hall–Kier alpha value is -3.09. The number of para-hydroxylation sites is 1. The molecule has 0 saturated heterocycles. The zero-order valence-corrected chi connectivity index (χ0v) is 14.4. The summed E-state index contributed by atoms with van der Waals surface area (Å²) < 4.78 is 12.5. The van der Waals surface area contributed by atoms with Crippen LogP contribution in [-0.4, -0.2) is 29.1 Å². The lowest BCUT2D eigenvalue weighted by Gasteiger charge is -2.09. The molecule has 0 spiro atoms. The maximum Gasteiger partial charge on any atom is 0.349 e. The minimum atomic E-state index is -0.680. The van der Waals surface area contributed by atoms with Crippen molar-refractivity contribution < 1.29 is 13.9 Å². The van der Waals surface area contributed by atoms with Crippen molar-refractivity contribution in [1.82, 2.24) is 14.9 Å². The molecule has 1 aliphatic carbocycles. The Morgan fingerprint density at radius 3 is 3.04 bits per heavy atom. The smallest absolute Gasteiger partial charge is 0.349 e. The summed E-state index contributed by atoms with van der Waals surface area (Å²) >= 11 is 0. The normalized spacial score (nSPS) is 13.7. The monoisotopic (exact) mass is 353 g/mol. The van der Waals surface area contributed by atoms with Gasteiger partial charge in [0, 0.05) is 36.8 Å². The second-order valence-corrected chi connectivity index (χ2v) is 6.34. The number of nitrogens with one attached hydrogen (secondary N) is 1.